The summed E-state index contributed by atoms with van der Waals surface area (Å²) < 4.78 is 2.00. The maximum atomic E-state index is 10.8. The van der Waals surface area contributed by atoms with Crippen molar-refractivity contribution in [3.63, 3.8) is 0 Å². The molecule has 98 valence electrons. The number of thiazole rings is 1. The van der Waals surface area contributed by atoms with Crippen LogP contribution in [0.2, 0.25) is 0 Å². The Morgan fingerprint density at radius 2 is 2.33 bits per heavy atom. The van der Waals surface area contributed by atoms with Crippen LogP contribution < -0.4 is 5.32 Å². The zero-order valence-corrected chi connectivity index (χ0v) is 11.0. The summed E-state index contributed by atoms with van der Waals surface area (Å²) in [5, 5.41) is 22.6. The van der Waals surface area contributed by atoms with Crippen LogP contribution in [0.25, 0.3) is 4.96 Å². The maximum absolute atomic E-state index is 10.8. The third-order valence-corrected chi connectivity index (χ3v) is 3.77. The number of nitrogens with zero attached hydrogens (tertiary/aromatic N) is 2. The number of carbonyl (C=O) groups is 1. The van der Waals surface area contributed by atoms with Crippen molar-refractivity contribution in [1.29, 1.82) is 0 Å². The minimum absolute atomic E-state index is 0.363. The van der Waals surface area contributed by atoms with E-state index < -0.39 is 18.6 Å². The highest BCUT2D eigenvalue weighted by atomic mass is 32.1. The van der Waals surface area contributed by atoms with Gasteiger partial charge in [-0.05, 0) is 13.8 Å². The molecule has 0 radical (unpaired) electrons. The number of aromatic nitrogens is 2. The molecule has 0 bridgehead atoms. The Morgan fingerprint density at radius 1 is 1.61 bits per heavy atom. The molecule has 0 saturated heterocycles. The van der Waals surface area contributed by atoms with Crippen molar-refractivity contribution in [3.8, 4) is 0 Å². The molecule has 1 unspecified atom stereocenters. The van der Waals surface area contributed by atoms with E-state index in [4.69, 9.17) is 10.2 Å². The van der Waals surface area contributed by atoms with Gasteiger partial charge in [-0.25, -0.2) is 4.98 Å². The second kappa shape index (κ2) is 5.05. The molecular weight excluding hydrogens is 254 g/mol. The van der Waals surface area contributed by atoms with Gasteiger partial charge in [0.25, 0.3) is 0 Å². The van der Waals surface area contributed by atoms with Crippen molar-refractivity contribution in [2.75, 3.05) is 6.61 Å². The lowest BCUT2D eigenvalue weighted by atomic mass is 10.2. The first kappa shape index (κ1) is 13.0. The summed E-state index contributed by atoms with van der Waals surface area (Å²) in [5.74, 6) is -1.06. The number of aliphatic hydroxyl groups is 1. The molecule has 0 aliphatic heterocycles. The number of aryl methyl sites for hydroxylation is 2. The van der Waals surface area contributed by atoms with Crippen LogP contribution in [0.4, 0.5) is 0 Å². The first-order valence-electron chi connectivity index (χ1n) is 5.53. The molecule has 0 aromatic carbocycles. The molecule has 0 saturated carbocycles. The van der Waals surface area contributed by atoms with Crippen molar-refractivity contribution in [2.24, 2.45) is 0 Å². The van der Waals surface area contributed by atoms with E-state index in [0.29, 0.717) is 6.54 Å². The van der Waals surface area contributed by atoms with E-state index in [-0.39, 0.29) is 0 Å². The summed E-state index contributed by atoms with van der Waals surface area (Å²) in [6.07, 6.45) is 0. The van der Waals surface area contributed by atoms with Crippen LogP contribution in [-0.2, 0) is 11.3 Å². The van der Waals surface area contributed by atoms with Gasteiger partial charge in [-0.2, -0.15) is 0 Å². The van der Waals surface area contributed by atoms with E-state index in [0.717, 1.165) is 22.0 Å². The summed E-state index contributed by atoms with van der Waals surface area (Å²) in [6.45, 7) is 3.81. The third-order valence-electron chi connectivity index (χ3n) is 2.83. The Hall–Kier alpha value is -1.44. The number of carboxylic acids is 1. The predicted molar refractivity (Wildman–Crippen MR) is 67.9 cm³/mol. The summed E-state index contributed by atoms with van der Waals surface area (Å²) in [6, 6.07) is -0.950. The standard InChI is InChI=1S/C11H15N3O3S/c1-6-5-18-11-13-7(2)9(14(6)11)3-12-8(4-15)10(16)17/h5,8,12,15H,3-4H2,1-2H3,(H,16,17). The number of aliphatic hydroxyl groups excluding tert-OH is 1. The lowest BCUT2D eigenvalue weighted by molar-refractivity contribution is -0.140. The van der Waals surface area contributed by atoms with Crippen molar-refractivity contribution >= 4 is 22.3 Å². The number of nitrogens with one attached hydrogen (secondary N) is 1. The molecule has 2 heterocycles. The van der Waals surface area contributed by atoms with Crippen LogP contribution in [0.3, 0.4) is 0 Å². The van der Waals surface area contributed by atoms with Crippen LogP contribution in [0.15, 0.2) is 5.38 Å². The van der Waals surface area contributed by atoms with E-state index in [1.807, 2.05) is 23.6 Å². The van der Waals surface area contributed by atoms with Crippen molar-refractivity contribution in [2.45, 2.75) is 26.4 Å². The zero-order chi connectivity index (χ0) is 13.3. The van der Waals surface area contributed by atoms with Gasteiger partial charge < -0.3 is 10.2 Å². The topological polar surface area (TPSA) is 86.9 Å². The second-order valence-electron chi connectivity index (χ2n) is 4.09. The first-order chi connectivity index (χ1) is 8.54. The van der Waals surface area contributed by atoms with Gasteiger partial charge >= 0.3 is 5.97 Å². The fourth-order valence-corrected chi connectivity index (χ4v) is 2.76. The Labute approximate surface area is 108 Å². The summed E-state index contributed by atoms with van der Waals surface area (Å²) >= 11 is 1.55. The molecule has 0 spiro atoms. The van der Waals surface area contributed by atoms with Gasteiger partial charge in [-0.3, -0.25) is 14.5 Å². The van der Waals surface area contributed by atoms with Crippen LogP contribution in [0.5, 0.6) is 0 Å². The van der Waals surface area contributed by atoms with Crippen LogP contribution in [-0.4, -0.2) is 38.2 Å². The van der Waals surface area contributed by atoms with Crippen molar-refractivity contribution in [1.82, 2.24) is 14.7 Å². The fourth-order valence-electron chi connectivity index (χ4n) is 1.83. The fraction of sp³-hybridized carbons (Fsp3) is 0.455. The molecular formula is C11H15N3O3S. The Balaban J connectivity index is 2.23. The first-order valence-corrected chi connectivity index (χ1v) is 6.41. The Bertz CT molecular complexity index is 575. The van der Waals surface area contributed by atoms with E-state index in [2.05, 4.69) is 10.3 Å². The maximum Gasteiger partial charge on any atom is 0.323 e. The Kier molecular flexibility index (Phi) is 3.65. The minimum Gasteiger partial charge on any atom is -0.480 e. The van der Waals surface area contributed by atoms with Crippen LogP contribution in [0, 0.1) is 13.8 Å². The lowest BCUT2D eigenvalue weighted by Gasteiger charge is -2.11. The van der Waals surface area contributed by atoms with E-state index in [9.17, 15) is 4.79 Å². The molecule has 2 rings (SSSR count). The van der Waals surface area contributed by atoms with Gasteiger partial charge in [0, 0.05) is 17.6 Å². The highest BCUT2D eigenvalue weighted by Gasteiger charge is 2.18. The lowest BCUT2D eigenvalue weighted by Crippen LogP contribution is -2.39. The quantitative estimate of drug-likeness (QED) is 0.738. The molecule has 1 atom stereocenters. The van der Waals surface area contributed by atoms with Gasteiger partial charge in [0.15, 0.2) is 4.96 Å². The zero-order valence-electron chi connectivity index (χ0n) is 10.2. The monoisotopic (exact) mass is 269 g/mol. The summed E-state index contributed by atoms with van der Waals surface area (Å²) in [5.41, 5.74) is 2.88. The average molecular weight is 269 g/mol. The SMILES string of the molecule is Cc1nc2scc(C)n2c1CNC(CO)C(=O)O. The molecule has 3 N–H and O–H groups in total. The number of fused-ring (bicyclic) bond motifs is 1. The van der Waals surface area contributed by atoms with Crippen LogP contribution in [0.1, 0.15) is 17.1 Å². The summed E-state index contributed by atoms with van der Waals surface area (Å²) in [4.78, 5) is 16.1. The minimum atomic E-state index is -1.06. The van der Waals surface area contributed by atoms with Gasteiger partial charge in [0.1, 0.15) is 6.04 Å². The Morgan fingerprint density at radius 3 is 2.94 bits per heavy atom. The number of hydrogen-bond donors (Lipinski definition) is 3. The largest absolute Gasteiger partial charge is 0.480 e. The van der Waals surface area contributed by atoms with Gasteiger partial charge in [0.2, 0.25) is 0 Å². The second-order valence-corrected chi connectivity index (χ2v) is 4.93. The van der Waals surface area contributed by atoms with E-state index in [1.165, 1.54) is 0 Å². The predicted octanol–water partition coefficient (Wildman–Crippen LogP) is 0.548. The molecule has 0 amide bonds. The highest BCUT2D eigenvalue weighted by Crippen LogP contribution is 2.20. The molecule has 2 aromatic heterocycles. The number of carboxylic acid groups (broad SMARTS) is 1. The molecule has 2 aromatic rings. The number of imidazole rings is 1. The number of hydrogen-bond acceptors (Lipinski definition) is 5. The molecule has 6 nitrogen and oxygen atoms in total. The number of aliphatic carboxylic acids is 1. The third kappa shape index (κ3) is 2.24. The average Bonchev–Trinajstić information content (AvgIpc) is 2.81. The van der Waals surface area contributed by atoms with Gasteiger partial charge in [0.05, 0.1) is 18.0 Å². The molecule has 0 aliphatic carbocycles. The van der Waals surface area contributed by atoms with E-state index >= 15 is 0 Å². The molecule has 7 heteroatoms. The van der Waals surface area contributed by atoms with E-state index in [1.54, 1.807) is 11.3 Å². The molecule has 18 heavy (non-hydrogen) atoms. The highest BCUT2D eigenvalue weighted by molar-refractivity contribution is 7.15. The van der Waals surface area contributed by atoms with Gasteiger partial charge in [-0.1, -0.05) is 0 Å². The van der Waals surface area contributed by atoms with Crippen LogP contribution >= 0.6 is 11.3 Å². The smallest absolute Gasteiger partial charge is 0.323 e. The number of rotatable bonds is 5. The van der Waals surface area contributed by atoms with Crippen molar-refractivity contribution < 1.29 is 15.0 Å². The van der Waals surface area contributed by atoms with Gasteiger partial charge in [-0.15, -0.1) is 11.3 Å². The van der Waals surface area contributed by atoms with Crippen molar-refractivity contribution in [3.05, 3.63) is 22.5 Å². The molecule has 0 fully saturated rings. The summed E-state index contributed by atoms with van der Waals surface area (Å²) in [7, 11) is 0. The molecule has 0 aliphatic rings. The normalized spacial score (nSPS) is 13.1.